The number of anilines is 2. The Balaban J connectivity index is 2.23. The highest BCUT2D eigenvalue weighted by molar-refractivity contribution is 5.37. The number of nitrogens with two attached hydrogens (primary N) is 1. The van der Waals surface area contributed by atoms with E-state index in [1.807, 2.05) is 13.8 Å². The highest BCUT2D eigenvalue weighted by Gasteiger charge is 2.22. The highest BCUT2D eigenvalue weighted by atomic mass is 16.5. The van der Waals surface area contributed by atoms with Crippen LogP contribution < -0.4 is 15.4 Å². The van der Waals surface area contributed by atoms with Crippen LogP contribution in [0.5, 0.6) is 6.01 Å². The zero-order valence-electron chi connectivity index (χ0n) is 11.0. The van der Waals surface area contributed by atoms with Crippen molar-refractivity contribution in [3.8, 4) is 6.01 Å². The molecular weight excluding hydrogens is 234 g/mol. The predicted molar refractivity (Wildman–Crippen MR) is 67.6 cm³/mol. The van der Waals surface area contributed by atoms with E-state index in [-0.39, 0.29) is 24.1 Å². The molecule has 1 unspecified atom stereocenters. The van der Waals surface area contributed by atoms with Crippen LogP contribution in [0.25, 0.3) is 0 Å². The SMILES string of the molecule is CC(C)Oc1nc(N)nc(N2CCOCC2C)n1. The third kappa shape index (κ3) is 2.98. The standard InChI is InChI=1S/C11H19N5O2/c1-7(2)18-11-14-9(12)13-10(15-11)16-4-5-17-6-8(16)3/h7-8H,4-6H2,1-3H3,(H2,12,13,14,15). The van der Waals surface area contributed by atoms with Crippen LogP contribution in [-0.4, -0.2) is 46.9 Å². The van der Waals surface area contributed by atoms with Crippen molar-refractivity contribution >= 4 is 11.9 Å². The molecule has 1 fully saturated rings. The molecule has 1 aromatic heterocycles. The first-order valence-corrected chi connectivity index (χ1v) is 6.09. The maximum Gasteiger partial charge on any atom is 0.323 e. The lowest BCUT2D eigenvalue weighted by atomic mass is 10.3. The number of nitrogens with zero attached hydrogens (tertiary/aromatic N) is 4. The van der Waals surface area contributed by atoms with E-state index in [1.165, 1.54) is 0 Å². The minimum atomic E-state index is 0.00163. The average molecular weight is 253 g/mol. The fourth-order valence-electron chi connectivity index (χ4n) is 1.78. The molecule has 18 heavy (non-hydrogen) atoms. The monoisotopic (exact) mass is 253 g/mol. The van der Waals surface area contributed by atoms with Gasteiger partial charge in [-0.2, -0.15) is 15.0 Å². The number of aromatic nitrogens is 3. The van der Waals surface area contributed by atoms with Gasteiger partial charge in [-0.1, -0.05) is 0 Å². The van der Waals surface area contributed by atoms with Gasteiger partial charge in [-0.15, -0.1) is 0 Å². The average Bonchev–Trinajstić information content (AvgIpc) is 2.27. The van der Waals surface area contributed by atoms with Gasteiger partial charge in [0.05, 0.1) is 25.4 Å². The van der Waals surface area contributed by atoms with Gasteiger partial charge in [-0.25, -0.2) is 0 Å². The molecule has 1 saturated heterocycles. The zero-order chi connectivity index (χ0) is 13.1. The van der Waals surface area contributed by atoms with E-state index in [2.05, 4.69) is 26.8 Å². The molecular formula is C11H19N5O2. The Morgan fingerprint density at radius 1 is 1.39 bits per heavy atom. The van der Waals surface area contributed by atoms with Crippen molar-refractivity contribution in [1.82, 2.24) is 15.0 Å². The van der Waals surface area contributed by atoms with Crippen molar-refractivity contribution in [2.75, 3.05) is 30.4 Å². The summed E-state index contributed by atoms with van der Waals surface area (Å²) in [6.07, 6.45) is 0.00163. The van der Waals surface area contributed by atoms with Gasteiger partial charge in [-0.05, 0) is 20.8 Å². The van der Waals surface area contributed by atoms with Crippen LogP contribution >= 0.6 is 0 Å². The number of hydrogen-bond acceptors (Lipinski definition) is 7. The van der Waals surface area contributed by atoms with E-state index >= 15 is 0 Å². The Labute approximate surface area is 106 Å². The topological polar surface area (TPSA) is 86.4 Å². The smallest absolute Gasteiger partial charge is 0.323 e. The van der Waals surface area contributed by atoms with Crippen LogP contribution in [0.4, 0.5) is 11.9 Å². The summed E-state index contributed by atoms with van der Waals surface area (Å²) in [6.45, 7) is 7.95. The fraction of sp³-hybridized carbons (Fsp3) is 0.727. The Kier molecular flexibility index (Phi) is 3.81. The molecule has 100 valence electrons. The summed E-state index contributed by atoms with van der Waals surface area (Å²) in [4.78, 5) is 14.5. The number of nitrogen functional groups attached to an aromatic ring is 1. The molecule has 1 aliphatic heterocycles. The molecule has 2 rings (SSSR count). The van der Waals surface area contributed by atoms with E-state index in [0.29, 0.717) is 19.2 Å². The van der Waals surface area contributed by atoms with Crippen LogP contribution in [0.15, 0.2) is 0 Å². The second-order valence-electron chi connectivity index (χ2n) is 4.56. The molecule has 1 aromatic rings. The van der Waals surface area contributed by atoms with Crippen molar-refractivity contribution < 1.29 is 9.47 Å². The second kappa shape index (κ2) is 5.34. The molecule has 0 amide bonds. The predicted octanol–water partition coefficient (Wildman–Crippen LogP) is 0.466. The third-order valence-corrected chi connectivity index (χ3v) is 2.59. The molecule has 2 heterocycles. The second-order valence-corrected chi connectivity index (χ2v) is 4.56. The molecule has 7 heteroatoms. The first kappa shape index (κ1) is 12.8. The Morgan fingerprint density at radius 3 is 2.83 bits per heavy atom. The molecule has 0 aliphatic carbocycles. The highest BCUT2D eigenvalue weighted by Crippen LogP contribution is 2.18. The molecule has 0 aromatic carbocycles. The summed E-state index contributed by atoms with van der Waals surface area (Å²) in [5, 5.41) is 0. The molecule has 0 bridgehead atoms. The maximum absolute atomic E-state index is 5.69. The molecule has 1 atom stereocenters. The molecule has 0 spiro atoms. The van der Waals surface area contributed by atoms with Crippen molar-refractivity contribution in [3.63, 3.8) is 0 Å². The van der Waals surface area contributed by atoms with Crippen LogP contribution in [0.3, 0.4) is 0 Å². The van der Waals surface area contributed by atoms with Gasteiger partial charge in [0, 0.05) is 6.54 Å². The first-order chi connectivity index (χ1) is 8.56. The number of ether oxygens (including phenoxy) is 2. The summed E-state index contributed by atoms with van der Waals surface area (Å²) >= 11 is 0. The van der Waals surface area contributed by atoms with Crippen LogP contribution in [0.1, 0.15) is 20.8 Å². The molecule has 1 aliphatic rings. The van der Waals surface area contributed by atoms with E-state index in [4.69, 9.17) is 15.2 Å². The van der Waals surface area contributed by atoms with Gasteiger partial charge in [0.25, 0.3) is 0 Å². The Bertz CT molecular complexity index is 412. The summed E-state index contributed by atoms with van der Waals surface area (Å²) in [7, 11) is 0. The lowest BCUT2D eigenvalue weighted by molar-refractivity contribution is 0.0978. The largest absolute Gasteiger partial charge is 0.461 e. The van der Waals surface area contributed by atoms with Crippen molar-refractivity contribution in [2.45, 2.75) is 32.9 Å². The summed E-state index contributed by atoms with van der Waals surface area (Å²) in [6, 6.07) is 0.485. The number of hydrogen-bond donors (Lipinski definition) is 1. The van der Waals surface area contributed by atoms with E-state index < -0.39 is 0 Å². The molecule has 7 nitrogen and oxygen atoms in total. The van der Waals surface area contributed by atoms with Gasteiger partial charge in [0.1, 0.15) is 0 Å². The molecule has 0 radical (unpaired) electrons. The van der Waals surface area contributed by atoms with Crippen LogP contribution in [-0.2, 0) is 4.74 Å². The van der Waals surface area contributed by atoms with Crippen LogP contribution in [0, 0.1) is 0 Å². The van der Waals surface area contributed by atoms with Gasteiger partial charge >= 0.3 is 6.01 Å². The normalized spacial score (nSPS) is 20.2. The summed E-state index contributed by atoms with van der Waals surface area (Å²) in [5.41, 5.74) is 5.69. The van der Waals surface area contributed by atoms with Crippen LogP contribution in [0.2, 0.25) is 0 Å². The minimum absolute atomic E-state index is 0.00163. The first-order valence-electron chi connectivity index (χ1n) is 6.09. The third-order valence-electron chi connectivity index (χ3n) is 2.59. The van der Waals surface area contributed by atoms with E-state index in [0.717, 1.165) is 6.54 Å². The van der Waals surface area contributed by atoms with Crippen molar-refractivity contribution in [2.24, 2.45) is 0 Å². The molecule has 2 N–H and O–H groups in total. The summed E-state index contributed by atoms with van der Waals surface area (Å²) in [5.74, 6) is 0.725. The van der Waals surface area contributed by atoms with Crippen molar-refractivity contribution in [1.29, 1.82) is 0 Å². The van der Waals surface area contributed by atoms with Crippen molar-refractivity contribution in [3.05, 3.63) is 0 Å². The van der Waals surface area contributed by atoms with E-state index in [1.54, 1.807) is 0 Å². The number of morpholine rings is 1. The zero-order valence-corrected chi connectivity index (χ0v) is 11.0. The quantitative estimate of drug-likeness (QED) is 0.837. The van der Waals surface area contributed by atoms with E-state index in [9.17, 15) is 0 Å². The lowest BCUT2D eigenvalue weighted by Crippen LogP contribution is -2.44. The number of rotatable bonds is 3. The summed E-state index contributed by atoms with van der Waals surface area (Å²) < 4.78 is 10.8. The maximum atomic E-state index is 5.69. The van der Waals surface area contributed by atoms with Gasteiger partial charge in [0.15, 0.2) is 0 Å². The fourth-order valence-corrected chi connectivity index (χ4v) is 1.78. The van der Waals surface area contributed by atoms with Gasteiger partial charge in [0.2, 0.25) is 11.9 Å². The minimum Gasteiger partial charge on any atom is -0.461 e. The Morgan fingerprint density at radius 2 is 2.17 bits per heavy atom. The van der Waals surface area contributed by atoms with Gasteiger partial charge in [-0.3, -0.25) is 0 Å². The Hall–Kier alpha value is -1.63. The molecule has 0 saturated carbocycles. The van der Waals surface area contributed by atoms with Gasteiger partial charge < -0.3 is 20.1 Å². The lowest BCUT2D eigenvalue weighted by Gasteiger charge is -2.33.